The lowest BCUT2D eigenvalue weighted by molar-refractivity contribution is 0.0998. The molecule has 1 fully saturated rings. The summed E-state index contributed by atoms with van der Waals surface area (Å²) in [4.78, 5) is 21.5. The summed E-state index contributed by atoms with van der Waals surface area (Å²) in [6.07, 6.45) is 0. The van der Waals surface area contributed by atoms with E-state index in [2.05, 4.69) is 67.6 Å². The number of aromatic nitrogens is 5. The molecule has 0 bridgehead atoms. The van der Waals surface area contributed by atoms with Crippen molar-refractivity contribution in [1.29, 1.82) is 0 Å². The van der Waals surface area contributed by atoms with Crippen LogP contribution in [0.4, 0.5) is 0 Å². The predicted octanol–water partition coefficient (Wildman–Crippen LogP) is 3.79. The number of nitrogens with zero attached hydrogens (tertiary/aromatic N) is 6. The van der Waals surface area contributed by atoms with Crippen LogP contribution in [0.2, 0.25) is 0 Å². The van der Waals surface area contributed by atoms with Gasteiger partial charge in [-0.25, -0.2) is 4.68 Å². The highest BCUT2D eigenvalue weighted by atomic mass is 16.5. The molecule has 1 aliphatic heterocycles. The fourth-order valence-electron chi connectivity index (χ4n) is 5.49. The summed E-state index contributed by atoms with van der Waals surface area (Å²) < 4.78 is 7.12. The summed E-state index contributed by atoms with van der Waals surface area (Å²) in [5.41, 5.74) is 4.85. The number of benzene rings is 3. The van der Waals surface area contributed by atoms with Gasteiger partial charge in [0.05, 0.1) is 13.7 Å². The Morgan fingerprint density at radius 3 is 2.40 bits per heavy atom. The number of aromatic amines is 1. The molecule has 6 rings (SSSR count). The highest BCUT2D eigenvalue weighted by Crippen LogP contribution is 2.29. The third-order valence-corrected chi connectivity index (χ3v) is 7.64. The van der Waals surface area contributed by atoms with Crippen LogP contribution in [0.25, 0.3) is 10.9 Å². The number of H-pyrrole nitrogens is 1. The van der Waals surface area contributed by atoms with Gasteiger partial charge in [0.2, 0.25) is 0 Å². The number of fused-ring (bicyclic) bond motifs is 1. The van der Waals surface area contributed by atoms with E-state index >= 15 is 0 Å². The normalized spacial score (nSPS) is 15.3. The molecule has 0 amide bonds. The van der Waals surface area contributed by atoms with Crippen LogP contribution in [0.1, 0.15) is 34.1 Å². The van der Waals surface area contributed by atoms with Gasteiger partial charge in [-0.2, -0.15) is 0 Å². The lowest BCUT2D eigenvalue weighted by atomic mass is 10.0. The minimum absolute atomic E-state index is 0.118. The Balaban J connectivity index is 1.34. The Labute approximate surface area is 233 Å². The van der Waals surface area contributed by atoms with Gasteiger partial charge in [0.15, 0.2) is 5.82 Å². The number of methoxy groups -OCH3 is 1. The zero-order chi connectivity index (χ0) is 27.5. The average Bonchev–Trinajstić information content (AvgIpc) is 3.43. The summed E-state index contributed by atoms with van der Waals surface area (Å²) in [5.74, 6) is 1.45. The van der Waals surface area contributed by atoms with Gasteiger partial charge in [0, 0.05) is 43.8 Å². The number of hydrogen-bond acceptors (Lipinski definition) is 7. The first-order valence-electron chi connectivity index (χ1n) is 13.6. The lowest BCUT2D eigenvalue weighted by Crippen LogP contribution is -2.48. The van der Waals surface area contributed by atoms with E-state index in [-0.39, 0.29) is 11.6 Å². The highest BCUT2D eigenvalue weighted by Gasteiger charge is 2.32. The Kier molecular flexibility index (Phi) is 7.39. The molecule has 0 saturated carbocycles. The number of pyridine rings is 1. The summed E-state index contributed by atoms with van der Waals surface area (Å²) in [6.45, 7) is 6.80. The van der Waals surface area contributed by atoms with Gasteiger partial charge in [-0.05, 0) is 64.2 Å². The van der Waals surface area contributed by atoms with Crippen LogP contribution in [-0.4, -0.2) is 68.3 Å². The largest absolute Gasteiger partial charge is 0.497 e. The Morgan fingerprint density at radius 2 is 1.65 bits per heavy atom. The third kappa shape index (κ3) is 5.52. The van der Waals surface area contributed by atoms with Crippen LogP contribution in [0.5, 0.6) is 5.75 Å². The molecule has 0 radical (unpaired) electrons. The molecule has 1 atom stereocenters. The van der Waals surface area contributed by atoms with E-state index in [1.165, 1.54) is 5.56 Å². The molecule has 5 aromatic rings. The second-order valence-electron chi connectivity index (χ2n) is 10.4. The van der Waals surface area contributed by atoms with Crippen molar-refractivity contribution < 1.29 is 4.74 Å². The van der Waals surface area contributed by atoms with Crippen LogP contribution in [0.15, 0.2) is 83.7 Å². The maximum atomic E-state index is 13.6. The molecule has 3 aromatic carbocycles. The van der Waals surface area contributed by atoms with Crippen molar-refractivity contribution in [1.82, 2.24) is 35.0 Å². The van der Waals surface area contributed by atoms with E-state index < -0.39 is 0 Å². The fraction of sp³-hybridized carbons (Fsp3) is 0.290. The summed E-state index contributed by atoms with van der Waals surface area (Å²) >= 11 is 0. The first-order valence-corrected chi connectivity index (χ1v) is 13.6. The molecule has 3 heterocycles. The Morgan fingerprint density at radius 1 is 0.900 bits per heavy atom. The van der Waals surface area contributed by atoms with Crippen molar-refractivity contribution >= 4 is 10.9 Å². The molecule has 2 aromatic heterocycles. The molecular formula is C31H33N7O2. The van der Waals surface area contributed by atoms with Crippen molar-refractivity contribution in [3.63, 3.8) is 0 Å². The topological polar surface area (TPSA) is 92.2 Å². The van der Waals surface area contributed by atoms with Gasteiger partial charge in [-0.1, -0.05) is 54.1 Å². The maximum absolute atomic E-state index is 13.6. The molecule has 1 saturated heterocycles. The van der Waals surface area contributed by atoms with Crippen LogP contribution < -0.4 is 10.3 Å². The first kappa shape index (κ1) is 25.9. The van der Waals surface area contributed by atoms with E-state index in [0.29, 0.717) is 17.9 Å². The van der Waals surface area contributed by atoms with E-state index in [4.69, 9.17) is 4.74 Å². The van der Waals surface area contributed by atoms with Gasteiger partial charge in [0.1, 0.15) is 11.8 Å². The van der Waals surface area contributed by atoms with Gasteiger partial charge >= 0.3 is 0 Å². The number of aryl methyl sites for hydroxylation is 1. The number of piperazine rings is 1. The van der Waals surface area contributed by atoms with E-state index in [9.17, 15) is 4.79 Å². The molecule has 0 spiro atoms. The van der Waals surface area contributed by atoms with Gasteiger partial charge < -0.3 is 9.72 Å². The number of nitrogens with one attached hydrogen (secondary N) is 1. The minimum Gasteiger partial charge on any atom is -0.497 e. The standard InChI is InChI=1S/C31H33N7O2/c1-22-8-13-28-25(18-22)19-27(31(39)32-28)29(37-16-14-36(15-17-37)20-23-6-4-3-5-7-23)30-33-34-35-38(30)21-24-9-11-26(40-2)12-10-24/h3-13,18-19,29H,14-17,20-21H2,1-2H3,(H,32,39)/t29-/m1/s1. The van der Waals surface area contributed by atoms with Crippen LogP contribution in [0, 0.1) is 6.92 Å². The molecule has 0 unspecified atom stereocenters. The molecule has 40 heavy (non-hydrogen) atoms. The lowest BCUT2D eigenvalue weighted by Gasteiger charge is -2.38. The van der Waals surface area contributed by atoms with Crippen molar-refractivity contribution in [3.8, 4) is 5.75 Å². The fourth-order valence-corrected chi connectivity index (χ4v) is 5.49. The SMILES string of the molecule is COc1ccc(Cn2nnnc2[C@@H](c2cc3cc(C)ccc3[nH]c2=O)N2CCN(Cc3ccccc3)CC2)cc1. The average molecular weight is 536 g/mol. The first-order chi connectivity index (χ1) is 19.6. The maximum Gasteiger partial charge on any atom is 0.253 e. The molecular weight excluding hydrogens is 502 g/mol. The zero-order valence-corrected chi connectivity index (χ0v) is 22.8. The van der Waals surface area contributed by atoms with Crippen molar-refractivity contribution in [2.24, 2.45) is 0 Å². The predicted molar refractivity (Wildman–Crippen MR) is 154 cm³/mol. The molecule has 204 valence electrons. The molecule has 9 nitrogen and oxygen atoms in total. The van der Waals surface area contributed by atoms with Crippen LogP contribution in [-0.2, 0) is 13.1 Å². The molecule has 9 heteroatoms. The Bertz CT molecular complexity index is 1640. The van der Waals surface area contributed by atoms with E-state index in [1.807, 2.05) is 53.2 Å². The van der Waals surface area contributed by atoms with Gasteiger partial charge in [0.25, 0.3) is 5.56 Å². The van der Waals surface area contributed by atoms with Crippen molar-refractivity contribution in [2.45, 2.75) is 26.1 Å². The monoisotopic (exact) mass is 535 g/mol. The van der Waals surface area contributed by atoms with Crippen LogP contribution in [0.3, 0.4) is 0 Å². The summed E-state index contributed by atoms with van der Waals surface area (Å²) in [5, 5.41) is 13.9. The van der Waals surface area contributed by atoms with E-state index in [0.717, 1.165) is 60.5 Å². The smallest absolute Gasteiger partial charge is 0.253 e. The minimum atomic E-state index is -0.388. The summed E-state index contributed by atoms with van der Waals surface area (Å²) in [6, 6.07) is 26.1. The van der Waals surface area contributed by atoms with Gasteiger partial charge in [-0.15, -0.1) is 5.10 Å². The third-order valence-electron chi connectivity index (χ3n) is 7.64. The van der Waals surface area contributed by atoms with Gasteiger partial charge in [-0.3, -0.25) is 14.6 Å². The molecule has 0 aliphatic carbocycles. The second kappa shape index (κ2) is 11.4. The number of rotatable bonds is 8. The number of ether oxygens (including phenoxy) is 1. The second-order valence-corrected chi connectivity index (χ2v) is 10.4. The Hall–Kier alpha value is -4.34. The molecule has 1 N–H and O–H groups in total. The van der Waals surface area contributed by atoms with Crippen LogP contribution >= 0.6 is 0 Å². The van der Waals surface area contributed by atoms with Crippen molar-refractivity contribution in [2.75, 3.05) is 33.3 Å². The number of tetrazole rings is 1. The van der Waals surface area contributed by atoms with E-state index in [1.54, 1.807) is 7.11 Å². The quantitative estimate of drug-likeness (QED) is 0.323. The summed E-state index contributed by atoms with van der Waals surface area (Å²) in [7, 11) is 1.65. The molecule has 1 aliphatic rings. The number of hydrogen-bond donors (Lipinski definition) is 1. The highest BCUT2D eigenvalue weighted by molar-refractivity contribution is 5.79. The van der Waals surface area contributed by atoms with Crippen molar-refractivity contribution in [3.05, 3.63) is 117 Å². The zero-order valence-electron chi connectivity index (χ0n) is 22.8.